The fraction of sp³-hybridized carbons (Fsp3) is 0.500. The van der Waals surface area contributed by atoms with E-state index in [-0.39, 0.29) is 41.8 Å². The molecular weight excluding hydrogens is 550 g/mol. The molecule has 37 heavy (non-hydrogen) atoms. The smallest absolute Gasteiger partial charge is 0.291 e. The molecule has 1 aliphatic heterocycles. The lowest BCUT2D eigenvalue weighted by atomic mass is 10.1. The maximum atomic E-state index is 13.3. The largest absolute Gasteiger partial charge is 0.367 e. The third-order valence-corrected chi connectivity index (χ3v) is 10.1. The van der Waals surface area contributed by atoms with E-state index in [2.05, 4.69) is 20.0 Å². The Kier molecular flexibility index (Phi) is 6.22. The van der Waals surface area contributed by atoms with E-state index in [0.29, 0.717) is 40.8 Å². The van der Waals surface area contributed by atoms with Crippen LogP contribution in [0.2, 0.25) is 0 Å². The first-order valence-corrected chi connectivity index (χ1v) is 15.3. The predicted molar refractivity (Wildman–Crippen MR) is 131 cm³/mol. The number of hydrogen-bond donors (Lipinski definition) is 1. The van der Waals surface area contributed by atoms with E-state index in [0.717, 1.165) is 6.26 Å². The lowest BCUT2D eigenvalue weighted by molar-refractivity contribution is 0.150. The number of benzene rings is 1. The number of fused-ring (bicyclic) bond motifs is 1. The molecule has 2 aromatic heterocycles. The zero-order valence-electron chi connectivity index (χ0n) is 19.7. The lowest BCUT2D eigenvalue weighted by Gasteiger charge is -2.35. The number of rotatable bonds is 7. The number of hydrogen-bond acceptors (Lipinski definition) is 10. The summed E-state index contributed by atoms with van der Waals surface area (Å²) in [5, 5.41) is 21.2. The Morgan fingerprint density at radius 1 is 1.14 bits per heavy atom. The molecule has 12 nitrogen and oxygen atoms in total. The molecule has 2 aliphatic rings. The maximum Gasteiger partial charge on any atom is 0.291 e. The van der Waals surface area contributed by atoms with Crippen molar-refractivity contribution in [2.24, 2.45) is 7.05 Å². The highest BCUT2D eigenvalue weighted by Crippen LogP contribution is 2.40. The van der Waals surface area contributed by atoms with Crippen molar-refractivity contribution in [1.82, 2.24) is 29.0 Å². The number of nitrogens with one attached hydrogen (secondary N) is 1. The Morgan fingerprint density at radius 3 is 2.35 bits per heavy atom. The Labute approximate surface area is 215 Å². The molecule has 0 bridgehead atoms. The van der Waals surface area contributed by atoms with Gasteiger partial charge in [-0.05, 0) is 25.0 Å². The van der Waals surface area contributed by atoms with Crippen molar-refractivity contribution >= 4 is 48.0 Å². The molecule has 0 radical (unpaired) electrons. The van der Waals surface area contributed by atoms with Crippen molar-refractivity contribution in [1.29, 1.82) is 5.26 Å². The standard InChI is InChI=1S/C20H22F2N8O4S3/c1-28-16-13(15(26-28)18-24-25-19(35-18)17(21)22)9-12(37(33,34)27-20(11-23)3-4-20)10-14(16)29-5-7-30(8-6-29)36(2,31)32/h9-10,17,27H,3-8H2,1-2H3. The number of anilines is 1. The van der Waals surface area contributed by atoms with Crippen LogP contribution >= 0.6 is 11.3 Å². The van der Waals surface area contributed by atoms with Gasteiger partial charge in [-0.25, -0.2) is 25.6 Å². The molecule has 1 saturated heterocycles. The van der Waals surface area contributed by atoms with Crippen molar-refractivity contribution in [2.75, 3.05) is 37.3 Å². The molecule has 0 atom stereocenters. The van der Waals surface area contributed by atoms with Gasteiger partial charge < -0.3 is 4.90 Å². The summed E-state index contributed by atoms with van der Waals surface area (Å²) in [7, 11) is -5.90. The number of aromatic nitrogens is 4. The van der Waals surface area contributed by atoms with Gasteiger partial charge in [0, 0.05) is 38.6 Å². The molecule has 5 rings (SSSR count). The first-order chi connectivity index (χ1) is 17.3. The van der Waals surface area contributed by atoms with Gasteiger partial charge >= 0.3 is 0 Å². The van der Waals surface area contributed by atoms with Gasteiger partial charge in [0.2, 0.25) is 20.0 Å². The number of nitrogens with zero attached hydrogens (tertiary/aromatic N) is 7. The zero-order valence-corrected chi connectivity index (χ0v) is 22.2. The van der Waals surface area contributed by atoms with E-state index in [1.807, 2.05) is 11.0 Å². The average molecular weight is 573 g/mol. The SMILES string of the molecule is Cn1nc(-c2nnc(C(F)F)s2)c2cc(S(=O)(=O)NC3(C#N)CC3)cc(N3CCN(S(C)(=O)=O)CC3)c21. The molecule has 1 N–H and O–H groups in total. The van der Waals surface area contributed by atoms with E-state index in [1.165, 1.54) is 21.1 Å². The van der Waals surface area contributed by atoms with Crippen LogP contribution < -0.4 is 9.62 Å². The minimum Gasteiger partial charge on any atom is -0.367 e. The molecule has 0 unspecified atom stereocenters. The summed E-state index contributed by atoms with van der Waals surface area (Å²) >= 11 is 0.661. The number of alkyl halides is 2. The summed E-state index contributed by atoms with van der Waals surface area (Å²) in [4.78, 5) is 1.73. The van der Waals surface area contributed by atoms with E-state index >= 15 is 0 Å². The Morgan fingerprint density at radius 2 is 1.81 bits per heavy atom. The van der Waals surface area contributed by atoms with Crippen LogP contribution in [0.4, 0.5) is 14.5 Å². The van der Waals surface area contributed by atoms with Gasteiger partial charge in [-0.15, -0.1) is 10.2 Å². The molecule has 198 valence electrons. The van der Waals surface area contributed by atoms with Crippen LogP contribution in [0.15, 0.2) is 17.0 Å². The number of nitriles is 1. The van der Waals surface area contributed by atoms with E-state index in [1.54, 1.807) is 7.05 Å². The number of halogens is 2. The highest BCUT2D eigenvalue weighted by Gasteiger charge is 2.47. The molecule has 3 heterocycles. The Hall–Kier alpha value is -2.78. The monoisotopic (exact) mass is 572 g/mol. The molecular formula is C20H22F2N8O4S3. The fourth-order valence-electron chi connectivity index (χ4n) is 4.28. The summed E-state index contributed by atoms with van der Waals surface area (Å²) in [6, 6.07) is 4.84. The minimum absolute atomic E-state index is 0.104. The van der Waals surface area contributed by atoms with Crippen LogP contribution in [0, 0.1) is 11.3 Å². The van der Waals surface area contributed by atoms with Crippen molar-refractivity contribution in [3.63, 3.8) is 0 Å². The molecule has 1 saturated carbocycles. The van der Waals surface area contributed by atoms with Crippen LogP contribution in [0.5, 0.6) is 0 Å². The van der Waals surface area contributed by atoms with E-state index < -0.39 is 37.0 Å². The quantitative estimate of drug-likeness (QED) is 0.443. The normalized spacial score (nSPS) is 18.4. The van der Waals surface area contributed by atoms with Crippen molar-refractivity contribution in [3.05, 3.63) is 17.1 Å². The second kappa shape index (κ2) is 8.91. The summed E-state index contributed by atoms with van der Waals surface area (Å²) in [5.41, 5.74) is 0.0409. The molecule has 1 aromatic carbocycles. The van der Waals surface area contributed by atoms with Crippen molar-refractivity contribution in [3.8, 4) is 16.8 Å². The summed E-state index contributed by atoms with van der Waals surface area (Å²) < 4.78 is 82.3. The zero-order chi connectivity index (χ0) is 26.8. The molecule has 0 spiro atoms. The summed E-state index contributed by atoms with van der Waals surface area (Å²) in [5.74, 6) is 0. The third kappa shape index (κ3) is 4.79. The highest BCUT2D eigenvalue weighted by atomic mass is 32.2. The van der Waals surface area contributed by atoms with Crippen molar-refractivity contribution < 1.29 is 25.6 Å². The highest BCUT2D eigenvalue weighted by molar-refractivity contribution is 7.89. The van der Waals surface area contributed by atoms with Crippen LogP contribution in [0.3, 0.4) is 0 Å². The van der Waals surface area contributed by atoms with E-state index in [9.17, 15) is 30.9 Å². The first kappa shape index (κ1) is 25.9. The molecule has 0 amide bonds. The molecule has 2 fully saturated rings. The summed E-state index contributed by atoms with van der Waals surface area (Å²) in [6.45, 7) is 0.976. The lowest BCUT2D eigenvalue weighted by Crippen LogP contribution is -2.48. The average Bonchev–Trinajstić information content (AvgIpc) is 3.27. The van der Waals surface area contributed by atoms with Gasteiger partial charge in [0.25, 0.3) is 6.43 Å². The van der Waals surface area contributed by atoms with Crippen LogP contribution in [-0.2, 0) is 27.1 Å². The fourth-order valence-corrected chi connectivity index (χ4v) is 7.23. The van der Waals surface area contributed by atoms with Crippen LogP contribution in [-0.4, -0.2) is 79.1 Å². The second-order valence-corrected chi connectivity index (χ2v) is 13.7. The third-order valence-electron chi connectivity index (χ3n) is 6.37. The van der Waals surface area contributed by atoms with Gasteiger partial charge in [0.1, 0.15) is 11.2 Å². The van der Waals surface area contributed by atoms with Gasteiger partial charge in [-0.3, -0.25) is 4.68 Å². The molecule has 3 aromatic rings. The Bertz CT molecular complexity index is 1630. The topological polar surface area (TPSA) is 154 Å². The second-order valence-electron chi connectivity index (χ2n) is 9.01. The number of aryl methyl sites for hydroxylation is 1. The molecule has 17 heteroatoms. The number of sulfonamides is 2. The maximum absolute atomic E-state index is 13.3. The Balaban J connectivity index is 1.65. The minimum atomic E-state index is -4.15. The first-order valence-electron chi connectivity index (χ1n) is 11.1. The van der Waals surface area contributed by atoms with Gasteiger partial charge in [0.15, 0.2) is 10.0 Å². The van der Waals surface area contributed by atoms with E-state index in [4.69, 9.17) is 0 Å². The van der Waals surface area contributed by atoms with Gasteiger partial charge in [-0.1, -0.05) is 11.3 Å². The predicted octanol–water partition coefficient (Wildman–Crippen LogP) is 1.45. The molecule has 1 aliphatic carbocycles. The van der Waals surface area contributed by atoms with Crippen LogP contribution in [0.1, 0.15) is 24.3 Å². The van der Waals surface area contributed by atoms with Crippen LogP contribution in [0.25, 0.3) is 21.6 Å². The number of piperazine rings is 1. The summed E-state index contributed by atoms with van der Waals surface area (Å²) in [6.07, 6.45) is -0.898. The van der Waals surface area contributed by atoms with Crippen molar-refractivity contribution in [2.45, 2.75) is 29.7 Å². The van der Waals surface area contributed by atoms with Gasteiger partial charge in [-0.2, -0.15) is 19.4 Å². The van der Waals surface area contributed by atoms with Gasteiger partial charge in [0.05, 0.1) is 28.4 Å².